The zero-order valence-corrected chi connectivity index (χ0v) is 20.4. The van der Waals surface area contributed by atoms with Gasteiger partial charge in [0.1, 0.15) is 6.54 Å². The molecule has 5 rings (SSSR count). The number of rotatable bonds is 4. The van der Waals surface area contributed by atoms with E-state index in [1.54, 1.807) is 6.92 Å². The maximum atomic E-state index is 13.5. The molecule has 1 aromatic rings. The van der Waals surface area contributed by atoms with Gasteiger partial charge >= 0.3 is 0 Å². The van der Waals surface area contributed by atoms with Crippen LogP contribution in [0.1, 0.15) is 78.0 Å². The number of hydrogen-bond acceptors (Lipinski definition) is 6. The largest absolute Gasteiger partial charge is 0.390 e. The van der Waals surface area contributed by atoms with Crippen molar-refractivity contribution >= 4 is 5.78 Å². The van der Waals surface area contributed by atoms with Crippen molar-refractivity contribution < 1.29 is 14.6 Å². The molecular formula is C25H40N4O3. The molecule has 32 heavy (non-hydrogen) atoms. The Labute approximate surface area is 191 Å². The lowest BCUT2D eigenvalue weighted by molar-refractivity contribution is -0.188. The minimum Gasteiger partial charge on any atom is -0.390 e. The molecule has 0 aliphatic heterocycles. The van der Waals surface area contributed by atoms with Crippen LogP contribution in [0.15, 0.2) is 0 Å². The lowest BCUT2D eigenvalue weighted by atomic mass is 9.43. The molecule has 1 N–H and O–H groups in total. The third-order valence-corrected chi connectivity index (χ3v) is 10.6. The van der Waals surface area contributed by atoms with Crippen LogP contribution in [-0.4, -0.2) is 49.9 Å². The number of aliphatic hydroxyl groups is 1. The number of nitrogens with zero attached hydrogens (tertiary/aromatic N) is 4. The highest BCUT2D eigenvalue weighted by Gasteiger charge is 2.65. The van der Waals surface area contributed by atoms with Crippen LogP contribution >= 0.6 is 0 Å². The number of aromatic nitrogens is 4. The van der Waals surface area contributed by atoms with Gasteiger partial charge in [-0.05, 0) is 99.5 Å². The first-order valence-corrected chi connectivity index (χ1v) is 12.6. The summed E-state index contributed by atoms with van der Waals surface area (Å²) in [5.74, 6) is 3.19. The van der Waals surface area contributed by atoms with Crippen molar-refractivity contribution in [1.29, 1.82) is 0 Å². The van der Waals surface area contributed by atoms with E-state index in [2.05, 4.69) is 29.3 Å². The van der Waals surface area contributed by atoms with Crippen LogP contribution in [0.5, 0.6) is 0 Å². The van der Waals surface area contributed by atoms with E-state index in [9.17, 15) is 9.90 Å². The highest BCUT2D eigenvalue weighted by atomic mass is 16.5. The molecule has 4 fully saturated rings. The van der Waals surface area contributed by atoms with Crippen LogP contribution in [0.3, 0.4) is 0 Å². The van der Waals surface area contributed by atoms with E-state index in [1.807, 2.05) is 14.0 Å². The Morgan fingerprint density at radius 2 is 1.94 bits per heavy atom. The molecule has 0 unspecified atom stereocenters. The predicted molar refractivity (Wildman–Crippen MR) is 120 cm³/mol. The van der Waals surface area contributed by atoms with E-state index in [0.717, 1.165) is 38.5 Å². The van der Waals surface area contributed by atoms with E-state index in [4.69, 9.17) is 4.74 Å². The smallest absolute Gasteiger partial charge is 0.171 e. The number of ether oxygens (including phenoxy) is 1. The van der Waals surface area contributed by atoms with E-state index in [-0.39, 0.29) is 35.2 Å². The topological polar surface area (TPSA) is 90.1 Å². The average molecular weight is 445 g/mol. The molecule has 7 nitrogen and oxygen atoms in total. The van der Waals surface area contributed by atoms with Gasteiger partial charge in [0, 0.05) is 18.4 Å². The van der Waals surface area contributed by atoms with Gasteiger partial charge in [-0.2, -0.15) is 4.80 Å². The van der Waals surface area contributed by atoms with Gasteiger partial charge in [0.25, 0.3) is 0 Å². The van der Waals surface area contributed by atoms with Gasteiger partial charge in [-0.1, -0.05) is 13.8 Å². The van der Waals surface area contributed by atoms with Gasteiger partial charge in [0.2, 0.25) is 0 Å². The molecule has 1 aromatic heterocycles. The van der Waals surface area contributed by atoms with Gasteiger partial charge in [0.05, 0.1) is 11.7 Å². The zero-order valence-electron chi connectivity index (χ0n) is 20.4. The molecule has 0 bridgehead atoms. The molecule has 4 saturated carbocycles. The number of methoxy groups -OCH3 is 1. The number of Topliss-reactive ketones (excluding diaryl/α,β-unsaturated/α-hetero) is 1. The molecule has 9 atom stereocenters. The van der Waals surface area contributed by atoms with Crippen LogP contribution in [0.25, 0.3) is 0 Å². The van der Waals surface area contributed by atoms with Crippen molar-refractivity contribution in [2.24, 2.45) is 40.4 Å². The molecular weight excluding hydrogens is 404 g/mol. The minimum absolute atomic E-state index is 0.0117. The summed E-state index contributed by atoms with van der Waals surface area (Å²) >= 11 is 0. The van der Waals surface area contributed by atoms with Crippen LogP contribution in [0, 0.1) is 47.3 Å². The number of ketones is 1. The van der Waals surface area contributed by atoms with Gasteiger partial charge < -0.3 is 9.84 Å². The van der Waals surface area contributed by atoms with E-state index >= 15 is 0 Å². The molecule has 4 aliphatic carbocycles. The first kappa shape index (κ1) is 22.5. The number of fused-ring (bicyclic) bond motifs is 5. The summed E-state index contributed by atoms with van der Waals surface area (Å²) < 4.78 is 6.21. The van der Waals surface area contributed by atoms with Crippen LogP contribution in [0.4, 0.5) is 0 Å². The summed E-state index contributed by atoms with van der Waals surface area (Å²) in [5.41, 5.74) is -0.376. The van der Waals surface area contributed by atoms with Crippen molar-refractivity contribution in [2.75, 3.05) is 7.11 Å². The Bertz CT molecular complexity index is 884. The number of aryl methyl sites for hydroxylation is 1. The third kappa shape index (κ3) is 3.29. The van der Waals surface area contributed by atoms with Crippen molar-refractivity contribution in [2.45, 2.75) is 97.3 Å². The van der Waals surface area contributed by atoms with E-state index < -0.39 is 5.60 Å². The second kappa shape index (κ2) is 7.59. The first-order valence-electron chi connectivity index (χ1n) is 12.6. The zero-order chi connectivity index (χ0) is 22.9. The van der Waals surface area contributed by atoms with Gasteiger partial charge in [-0.25, -0.2) is 0 Å². The Morgan fingerprint density at radius 1 is 1.16 bits per heavy atom. The third-order valence-electron chi connectivity index (χ3n) is 10.6. The van der Waals surface area contributed by atoms with Gasteiger partial charge in [-0.15, -0.1) is 10.2 Å². The Hall–Kier alpha value is -1.34. The molecule has 0 radical (unpaired) electrons. The van der Waals surface area contributed by atoms with E-state index in [1.165, 1.54) is 17.6 Å². The number of carbonyl (C=O) groups excluding carboxylic acids is 1. The van der Waals surface area contributed by atoms with Crippen molar-refractivity contribution in [3.63, 3.8) is 0 Å². The summed E-state index contributed by atoms with van der Waals surface area (Å²) in [6, 6.07) is 0. The van der Waals surface area contributed by atoms with Crippen LogP contribution in [0.2, 0.25) is 0 Å². The molecule has 0 saturated heterocycles. The molecule has 178 valence electrons. The average Bonchev–Trinajstić information content (AvgIpc) is 3.30. The molecule has 0 aromatic carbocycles. The standard InChI is InChI=1S/C25H40N4O3/c1-15-26-28-29(27-15)14-21(30)19-9-8-18-17-7-6-16-13-23(2,31)10-11-24(16,3)20(17)12-22(32-5)25(18,19)4/h16-20,22,31H,6-14H2,1-5H3/t16-,17-,18-,19+,20-,22+,23+,24-,25-/m0/s1. The number of tetrazole rings is 1. The van der Waals surface area contributed by atoms with Crippen molar-refractivity contribution in [3.05, 3.63) is 5.82 Å². The highest BCUT2D eigenvalue weighted by molar-refractivity contribution is 5.82. The monoisotopic (exact) mass is 444 g/mol. The number of hydrogen-bond donors (Lipinski definition) is 1. The fraction of sp³-hybridized carbons (Fsp3) is 0.920. The second-order valence-corrected chi connectivity index (χ2v) is 12.1. The first-order chi connectivity index (χ1) is 15.1. The second-order valence-electron chi connectivity index (χ2n) is 12.1. The molecule has 0 amide bonds. The van der Waals surface area contributed by atoms with E-state index in [0.29, 0.717) is 29.5 Å². The lowest BCUT2D eigenvalue weighted by Gasteiger charge is -2.63. The van der Waals surface area contributed by atoms with Gasteiger partial charge in [-0.3, -0.25) is 4.79 Å². The van der Waals surface area contributed by atoms with Crippen molar-refractivity contribution in [1.82, 2.24) is 20.2 Å². The molecule has 4 aliphatic rings. The summed E-state index contributed by atoms with van der Waals surface area (Å²) in [7, 11) is 1.84. The summed E-state index contributed by atoms with van der Waals surface area (Å²) in [4.78, 5) is 14.9. The molecule has 7 heteroatoms. The maximum absolute atomic E-state index is 13.5. The Kier molecular flexibility index (Phi) is 5.32. The summed E-state index contributed by atoms with van der Waals surface area (Å²) in [6.45, 7) is 8.85. The fourth-order valence-electron chi connectivity index (χ4n) is 8.89. The Morgan fingerprint density at radius 3 is 2.62 bits per heavy atom. The molecule has 0 spiro atoms. The summed E-state index contributed by atoms with van der Waals surface area (Å²) in [5, 5.41) is 22.9. The lowest BCUT2D eigenvalue weighted by Crippen LogP contribution is -2.60. The maximum Gasteiger partial charge on any atom is 0.171 e. The predicted octanol–water partition coefficient (Wildman–Crippen LogP) is 3.59. The SMILES string of the molecule is CO[C@@H]1C[C@H]2[C@@H](CC[C@H]3C[C@](C)(O)CC[C@@]32C)[C@@H]2CC[C@H](C(=O)Cn3nnc(C)n3)[C@@]12C. The minimum atomic E-state index is -0.514. The van der Waals surface area contributed by atoms with Crippen LogP contribution < -0.4 is 0 Å². The van der Waals surface area contributed by atoms with Crippen molar-refractivity contribution in [3.8, 4) is 0 Å². The fourth-order valence-corrected chi connectivity index (χ4v) is 8.89. The molecule has 1 heterocycles. The van der Waals surface area contributed by atoms with Gasteiger partial charge in [0.15, 0.2) is 11.6 Å². The Balaban J connectivity index is 1.41. The number of carbonyl (C=O) groups is 1. The quantitative estimate of drug-likeness (QED) is 0.763. The normalized spacial score (nSPS) is 48.1. The van der Waals surface area contributed by atoms with Crippen LogP contribution in [-0.2, 0) is 16.1 Å². The summed E-state index contributed by atoms with van der Waals surface area (Å²) in [6.07, 6.45) is 8.53. The highest BCUT2D eigenvalue weighted by Crippen LogP contribution is 2.68.